The van der Waals surface area contributed by atoms with Crippen molar-refractivity contribution in [3.05, 3.63) is 60.6 Å². The number of imidazole rings is 1. The number of rotatable bonds is 2. The highest BCUT2D eigenvalue weighted by Gasteiger charge is 2.30. The van der Waals surface area contributed by atoms with E-state index in [-0.39, 0.29) is 5.54 Å². The Balaban J connectivity index is 1.60. The molecule has 0 radical (unpaired) electrons. The Hall–Kier alpha value is -2.72. The van der Waals surface area contributed by atoms with Crippen LogP contribution < -0.4 is 0 Å². The van der Waals surface area contributed by atoms with Crippen molar-refractivity contribution in [3.8, 4) is 11.1 Å². The first-order valence-electron chi connectivity index (χ1n) is 11.0. The van der Waals surface area contributed by atoms with Crippen LogP contribution in [0.3, 0.4) is 0 Å². The van der Waals surface area contributed by atoms with Gasteiger partial charge in [-0.2, -0.15) is 0 Å². The summed E-state index contributed by atoms with van der Waals surface area (Å²) in [5.74, 6) is 1.06. The van der Waals surface area contributed by atoms with E-state index >= 15 is 0 Å². The van der Waals surface area contributed by atoms with Crippen LogP contribution in [-0.4, -0.2) is 38.1 Å². The number of hydrogen-bond acceptors (Lipinski definition) is 3. The van der Waals surface area contributed by atoms with Gasteiger partial charge in [0.1, 0.15) is 11.3 Å². The molecule has 2 aromatic carbocycles. The van der Waals surface area contributed by atoms with Gasteiger partial charge in [-0.3, -0.25) is 4.90 Å². The van der Waals surface area contributed by atoms with E-state index in [0.29, 0.717) is 6.04 Å². The number of nitrogens with zero attached hydrogens (tertiary/aromatic N) is 4. The van der Waals surface area contributed by atoms with E-state index in [1.54, 1.807) is 0 Å². The van der Waals surface area contributed by atoms with E-state index in [4.69, 9.17) is 9.97 Å². The molecule has 4 aromatic rings. The number of pyridine rings is 1. The summed E-state index contributed by atoms with van der Waals surface area (Å²) in [7, 11) is 0. The van der Waals surface area contributed by atoms with Crippen LogP contribution in [-0.2, 0) is 0 Å². The van der Waals surface area contributed by atoms with Crippen molar-refractivity contribution in [1.29, 1.82) is 0 Å². The molecule has 30 heavy (non-hydrogen) atoms. The maximum atomic E-state index is 5.01. The summed E-state index contributed by atoms with van der Waals surface area (Å²) in [6, 6.07) is 17.7. The van der Waals surface area contributed by atoms with E-state index in [1.807, 2.05) is 6.20 Å². The quantitative estimate of drug-likeness (QED) is 0.415. The van der Waals surface area contributed by atoms with Gasteiger partial charge < -0.3 is 4.57 Å². The normalized spacial score (nSPS) is 18.3. The molecule has 0 bridgehead atoms. The van der Waals surface area contributed by atoms with Gasteiger partial charge in [-0.1, -0.05) is 36.4 Å². The molecule has 0 aliphatic carbocycles. The summed E-state index contributed by atoms with van der Waals surface area (Å²) in [5.41, 5.74) is 4.58. The van der Waals surface area contributed by atoms with E-state index in [2.05, 4.69) is 85.7 Å². The molecule has 4 heteroatoms. The van der Waals surface area contributed by atoms with Gasteiger partial charge >= 0.3 is 0 Å². The first-order chi connectivity index (χ1) is 14.4. The fraction of sp³-hybridized carbons (Fsp3) is 0.385. The van der Waals surface area contributed by atoms with Gasteiger partial charge in [0.25, 0.3) is 0 Å². The smallest absolute Gasteiger partial charge is 0.160 e. The molecule has 5 rings (SSSR count). The number of piperidine rings is 1. The molecule has 1 atom stereocenters. The van der Waals surface area contributed by atoms with Crippen LogP contribution in [0.2, 0.25) is 0 Å². The third kappa shape index (κ3) is 3.29. The molecule has 1 aliphatic rings. The summed E-state index contributed by atoms with van der Waals surface area (Å²) >= 11 is 0. The number of aryl methyl sites for hydroxylation is 1. The van der Waals surface area contributed by atoms with Crippen molar-refractivity contribution in [2.75, 3.05) is 13.1 Å². The minimum Gasteiger partial charge on any atom is -0.309 e. The Morgan fingerprint density at radius 3 is 2.60 bits per heavy atom. The van der Waals surface area contributed by atoms with Crippen LogP contribution >= 0.6 is 0 Å². The van der Waals surface area contributed by atoms with Gasteiger partial charge in [-0.05, 0) is 75.5 Å². The Bertz CT molecular complexity index is 1210. The van der Waals surface area contributed by atoms with Crippen molar-refractivity contribution in [3.63, 3.8) is 0 Å². The largest absolute Gasteiger partial charge is 0.309 e. The van der Waals surface area contributed by atoms with Gasteiger partial charge in [0.2, 0.25) is 0 Å². The van der Waals surface area contributed by atoms with Crippen LogP contribution in [0.4, 0.5) is 0 Å². The monoisotopic (exact) mass is 398 g/mol. The van der Waals surface area contributed by atoms with Crippen molar-refractivity contribution >= 4 is 21.9 Å². The Labute approximate surface area is 178 Å². The molecular formula is C26H30N4. The van der Waals surface area contributed by atoms with E-state index in [0.717, 1.165) is 29.1 Å². The van der Waals surface area contributed by atoms with Crippen LogP contribution in [0, 0.1) is 6.92 Å². The van der Waals surface area contributed by atoms with Gasteiger partial charge in [-0.25, -0.2) is 9.97 Å². The number of hydrogen-bond donors (Lipinski definition) is 0. The molecule has 1 saturated heterocycles. The Kier molecular flexibility index (Phi) is 4.62. The average molecular weight is 399 g/mol. The Morgan fingerprint density at radius 1 is 1.00 bits per heavy atom. The second kappa shape index (κ2) is 7.21. The molecule has 0 amide bonds. The third-order valence-electron chi connectivity index (χ3n) is 6.53. The lowest BCUT2D eigenvalue weighted by Crippen LogP contribution is -2.47. The zero-order valence-electron chi connectivity index (χ0n) is 18.4. The molecule has 4 nitrogen and oxygen atoms in total. The molecule has 0 saturated carbocycles. The first kappa shape index (κ1) is 19.3. The Morgan fingerprint density at radius 2 is 1.80 bits per heavy atom. The molecule has 0 N–H and O–H groups in total. The predicted molar refractivity (Wildman–Crippen MR) is 125 cm³/mol. The van der Waals surface area contributed by atoms with Crippen LogP contribution in [0.15, 0.2) is 54.7 Å². The molecule has 3 heterocycles. The fourth-order valence-corrected chi connectivity index (χ4v) is 4.90. The van der Waals surface area contributed by atoms with E-state index < -0.39 is 0 Å². The minimum atomic E-state index is 0.187. The third-order valence-corrected chi connectivity index (χ3v) is 6.53. The minimum absolute atomic E-state index is 0.187. The summed E-state index contributed by atoms with van der Waals surface area (Å²) in [6.07, 6.45) is 4.33. The predicted octanol–water partition coefficient (Wildman–Crippen LogP) is 6.00. The topological polar surface area (TPSA) is 34.0 Å². The summed E-state index contributed by atoms with van der Waals surface area (Å²) in [5, 5.41) is 2.52. The van der Waals surface area contributed by atoms with Crippen molar-refractivity contribution in [2.45, 2.75) is 52.1 Å². The number of benzene rings is 2. The van der Waals surface area contributed by atoms with Crippen LogP contribution in [0.5, 0.6) is 0 Å². The van der Waals surface area contributed by atoms with E-state index in [9.17, 15) is 0 Å². The second-order valence-electron chi connectivity index (χ2n) is 9.53. The molecule has 154 valence electrons. The van der Waals surface area contributed by atoms with Gasteiger partial charge in [0.15, 0.2) is 5.65 Å². The number of likely N-dealkylation sites (tertiary alicyclic amines) is 1. The maximum Gasteiger partial charge on any atom is 0.160 e. The highest BCUT2D eigenvalue weighted by molar-refractivity contribution is 5.94. The zero-order chi connectivity index (χ0) is 20.9. The van der Waals surface area contributed by atoms with E-state index in [1.165, 1.54) is 35.7 Å². The number of aromatic nitrogens is 3. The van der Waals surface area contributed by atoms with Crippen molar-refractivity contribution < 1.29 is 0 Å². The number of fused-ring (bicyclic) bond motifs is 2. The summed E-state index contributed by atoms with van der Waals surface area (Å²) in [6.45, 7) is 11.3. The van der Waals surface area contributed by atoms with Crippen molar-refractivity contribution in [1.82, 2.24) is 19.4 Å². The molecule has 1 aliphatic heterocycles. The average Bonchev–Trinajstić information content (AvgIpc) is 3.08. The van der Waals surface area contributed by atoms with Crippen LogP contribution in [0.25, 0.3) is 33.1 Å². The van der Waals surface area contributed by atoms with Gasteiger partial charge in [-0.15, -0.1) is 0 Å². The van der Waals surface area contributed by atoms with Crippen molar-refractivity contribution in [2.24, 2.45) is 0 Å². The lowest BCUT2D eigenvalue weighted by atomic mass is 9.98. The fourth-order valence-electron chi connectivity index (χ4n) is 4.90. The zero-order valence-corrected chi connectivity index (χ0v) is 18.4. The van der Waals surface area contributed by atoms with Gasteiger partial charge in [0, 0.05) is 29.9 Å². The second-order valence-corrected chi connectivity index (χ2v) is 9.53. The standard InChI is InChI=1S/C26H30N4/c1-18-28-24-23(21-12-11-19-8-5-6-9-20(19)16-21)13-14-27-25(24)30(18)22-10-7-15-29(17-22)26(2,3)4/h5-6,8-9,11-14,16,22H,7,10,15,17H2,1-4H3/t22-/m0/s1. The van der Waals surface area contributed by atoms with Crippen LogP contribution in [0.1, 0.15) is 45.5 Å². The molecule has 1 fully saturated rings. The molecule has 0 unspecified atom stereocenters. The lowest BCUT2D eigenvalue weighted by molar-refractivity contribution is 0.0824. The maximum absolute atomic E-state index is 5.01. The first-order valence-corrected chi connectivity index (χ1v) is 11.0. The SMILES string of the molecule is Cc1nc2c(-c3ccc4ccccc4c3)ccnc2n1[C@H]1CCCN(C(C)(C)C)C1. The lowest BCUT2D eigenvalue weighted by Gasteiger charge is -2.42. The summed E-state index contributed by atoms with van der Waals surface area (Å²) < 4.78 is 2.39. The molecular weight excluding hydrogens is 368 g/mol. The molecule has 0 spiro atoms. The van der Waals surface area contributed by atoms with Gasteiger partial charge in [0.05, 0.1) is 0 Å². The summed E-state index contributed by atoms with van der Waals surface area (Å²) in [4.78, 5) is 12.4. The highest BCUT2D eigenvalue weighted by Crippen LogP contribution is 2.34. The molecule has 2 aromatic heterocycles. The highest BCUT2D eigenvalue weighted by atomic mass is 15.2.